The lowest BCUT2D eigenvalue weighted by Crippen LogP contribution is -2.16. The van der Waals surface area contributed by atoms with Crippen LogP contribution in [0, 0.1) is 7.14 Å². The maximum Gasteiger partial charge on any atom is 0.338 e. The van der Waals surface area contributed by atoms with Crippen LogP contribution in [-0.4, -0.2) is 42.7 Å². The zero-order valence-electron chi connectivity index (χ0n) is 17.5. The number of likely N-dealkylation sites (tertiary alicyclic amines) is 1. The molecule has 5 nitrogen and oxygen atoms in total. The highest BCUT2D eigenvalue weighted by Gasteiger charge is 2.16. The maximum absolute atomic E-state index is 11.0. The summed E-state index contributed by atoms with van der Waals surface area (Å²) in [4.78, 5) is 27.8. The number of carbonyl (C=O) groups is 2. The second-order valence-corrected chi connectivity index (χ2v) is 9.08. The number of hydrogen-bond acceptors (Lipinski definition) is 4. The highest BCUT2D eigenvalue weighted by Crippen LogP contribution is 2.18. The van der Waals surface area contributed by atoms with E-state index in [0.29, 0.717) is 12.0 Å². The number of hydrogen-bond donors (Lipinski definition) is 0. The lowest BCUT2D eigenvalue weighted by atomic mass is 10.1. The van der Waals surface area contributed by atoms with Gasteiger partial charge in [-0.3, -0.25) is 9.79 Å². The van der Waals surface area contributed by atoms with Crippen molar-refractivity contribution in [1.82, 2.24) is 4.90 Å². The summed E-state index contributed by atoms with van der Waals surface area (Å²) in [5, 5.41) is 0. The van der Waals surface area contributed by atoms with Crippen molar-refractivity contribution in [2.75, 3.05) is 20.2 Å². The molecule has 0 saturated carbocycles. The normalized spacial score (nSPS) is 14.2. The van der Waals surface area contributed by atoms with E-state index in [1.54, 1.807) is 17.2 Å². The number of rotatable bonds is 3. The Balaban J connectivity index is 0.000000241. The number of methoxy groups -OCH3 is 1. The van der Waals surface area contributed by atoms with E-state index in [1.807, 2.05) is 18.2 Å². The summed E-state index contributed by atoms with van der Waals surface area (Å²) in [6.45, 7) is 5.38. The zero-order chi connectivity index (χ0) is 22.6. The van der Waals surface area contributed by atoms with Gasteiger partial charge < -0.3 is 9.64 Å². The highest BCUT2D eigenvalue weighted by molar-refractivity contribution is 14.1. The van der Waals surface area contributed by atoms with Crippen LogP contribution < -0.4 is 0 Å². The third-order valence-corrected chi connectivity index (χ3v) is 6.55. The molecule has 2 heterocycles. The smallest absolute Gasteiger partial charge is 0.338 e. The van der Waals surface area contributed by atoms with Crippen LogP contribution in [-0.2, 0) is 9.53 Å². The van der Waals surface area contributed by atoms with E-state index in [1.165, 1.54) is 28.4 Å². The van der Waals surface area contributed by atoms with Gasteiger partial charge in [0.1, 0.15) is 0 Å². The van der Waals surface area contributed by atoms with Crippen molar-refractivity contribution in [2.24, 2.45) is 4.99 Å². The van der Waals surface area contributed by atoms with Crippen LogP contribution in [0.5, 0.6) is 0 Å². The lowest BCUT2D eigenvalue weighted by Gasteiger charge is -2.05. The van der Waals surface area contributed by atoms with E-state index in [9.17, 15) is 9.59 Å². The van der Waals surface area contributed by atoms with Crippen molar-refractivity contribution >= 4 is 62.8 Å². The fraction of sp³-hybridized carbons (Fsp3) is 0.320. The third kappa shape index (κ3) is 8.65. The van der Waals surface area contributed by atoms with Gasteiger partial charge in [-0.05, 0) is 88.8 Å². The first kappa shape index (κ1) is 28.3. The minimum atomic E-state index is -0.282. The molecule has 2 aromatic carbocycles. The third-order valence-electron chi connectivity index (χ3n) is 4.67. The molecule has 4 rings (SSSR count). The Labute approximate surface area is 218 Å². The molecule has 0 radical (unpaired) electrons. The van der Waals surface area contributed by atoms with Gasteiger partial charge in [0.15, 0.2) is 0 Å². The molecule has 1 saturated heterocycles. The number of benzene rings is 2. The first-order valence-corrected chi connectivity index (χ1v) is 12.2. The molecule has 0 spiro atoms. The second kappa shape index (κ2) is 15.2. The molecular weight excluding hydrogens is 630 g/mol. The molecule has 2 aromatic rings. The van der Waals surface area contributed by atoms with Crippen molar-refractivity contribution in [3.8, 4) is 0 Å². The van der Waals surface area contributed by atoms with Gasteiger partial charge in [-0.15, -0.1) is 0 Å². The fourth-order valence-electron chi connectivity index (χ4n) is 3.05. The average molecular weight is 660 g/mol. The van der Waals surface area contributed by atoms with Crippen molar-refractivity contribution in [2.45, 2.75) is 33.1 Å². The number of ether oxygens (including phenoxy) is 1. The summed E-state index contributed by atoms with van der Waals surface area (Å²) in [5.74, 6) is -0.0741. The van der Waals surface area contributed by atoms with Crippen LogP contribution in [0.2, 0.25) is 0 Å². The van der Waals surface area contributed by atoms with E-state index in [4.69, 9.17) is 0 Å². The lowest BCUT2D eigenvalue weighted by molar-refractivity contribution is -0.125. The number of nitrogens with zero attached hydrogens (tertiary/aromatic N) is 2. The number of amides is 1. The minimum absolute atomic E-state index is 0. The monoisotopic (exact) mass is 660 g/mol. The summed E-state index contributed by atoms with van der Waals surface area (Å²) in [5.41, 5.74) is 3.24. The van der Waals surface area contributed by atoms with Gasteiger partial charge in [0.25, 0.3) is 0 Å². The number of halogens is 2. The quantitative estimate of drug-likeness (QED) is 0.286. The number of esters is 1. The van der Waals surface area contributed by atoms with Gasteiger partial charge in [-0.25, -0.2) is 4.79 Å². The summed E-state index contributed by atoms with van der Waals surface area (Å²) < 4.78 is 6.80. The molecule has 7 heteroatoms. The predicted molar refractivity (Wildman–Crippen MR) is 148 cm³/mol. The standard InChI is InChI=1S/C10H10IN.C8H7IO2.C6H9NO.CH4/c11-9-5-2-1-4-8(9)10-6-3-7-12-10;1-11-8(10)6-4-2-3-5-7(6)9;1-2-7-5-3-4-6(7)8;/h1-2,4-5H,3,6-7H2;2-5H,1H3;2H,1,3-5H2;1H4. The first-order valence-electron chi connectivity index (χ1n) is 10.0. The highest BCUT2D eigenvalue weighted by atomic mass is 127. The molecule has 0 bridgehead atoms. The molecule has 1 fully saturated rings. The Hall–Kier alpha value is -1.75. The second-order valence-electron chi connectivity index (χ2n) is 6.76. The van der Waals surface area contributed by atoms with Crippen LogP contribution in [0.3, 0.4) is 0 Å². The molecule has 2 aliphatic heterocycles. The molecule has 32 heavy (non-hydrogen) atoms. The Morgan fingerprint density at radius 1 is 1.06 bits per heavy atom. The average Bonchev–Trinajstić information content (AvgIpc) is 3.46. The number of carbonyl (C=O) groups excluding carboxylic acids is 2. The Kier molecular flexibility index (Phi) is 13.4. The van der Waals surface area contributed by atoms with E-state index >= 15 is 0 Å². The van der Waals surface area contributed by atoms with Crippen molar-refractivity contribution < 1.29 is 14.3 Å². The topological polar surface area (TPSA) is 59.0 Å². The van der Waals surface area contributed by atoms with Gasteiger partial charge in [0, 0.05) is 37.9 Å². The van der Waals surface area contributed by atoms with E-state index in [-0.39, 0.29) is 19.3 Å². The number of aliphatic imine (C=N–C) groups is 1. The van der Waals surface area contributed by atoms with Crippen LogP contribution >= 0.6 is 45.2 Å². The summed E-state index contributed by atoms with van der Waals surface area (Å²) in [6.07, 6.45) is 5.66. The SMILES string of the molecule is C.C=CN1CCCC1=O.COC(=O)c1ccccc1I.Ic1ccccc1C1=NCCC1. The first-order chi connectivity index (χ1) is 15.0. The Morgan fingerprint density at radius 2 is 1.72 bits per heavy atom. The van der Waals surface area contributed by atoms with Crippen LogP contribution in [0.4, 0.5) is 0 Å². The van der Waals surface area contributed by atoms with Gasteiger partial charge in [0.2, 0.25) is 5.91 Å². The molecule has 2 aliphatic rings. The Morgan fingerprint density at radius 3 is 2.19 bits per heavy atom. The van der Waals surface area contributed by atoms with E-state index in [2.05, 4.69) is 85.8 Å². The largest absolute Gasteiger partial charge is 0.465 e. The minimum Gasteiger partial charge on any atom is -0.465 e. The van der Waals surface area contributed by atoms with Crippen LogP contribution in [0.1, 0.15) is 49.0 Å². The van der Waals surface area contributed by atoms with Crippen LogP contribution in [0.25, 0.3) is 0 Å². The maximum atomic E-state index is 11.0. The van der Waals surface area contributed by atoms with Gasteiger partial charge in [-0.1, -0.05) is 44.3 Å². The van der Waals surface area contributed by atoms with Gasteiger partial charge in [-0.2, -0.15) is 0 Å². The fourth-order valence-corrected chi connectivity index (χ4v) is 4.36. The molecule has 0 unspecified atom stereocenters. The Bertz CT molecular complexity index is 944. The van der Waals surface area contributed by atoms with Crippen LogP contribution in [0.15, 0.2) is 66.3 Å². The molecule has 0 atom stereocenters. The van der Waals surface area contributed by atoms with Crippen molar-refractivity contribution in [3.63, 3.8) is 0 Å². The molecule has 0 aromatic heterocycles. The van der Waals surface area contributed by atoms with Gasteiger partial charge >= 0.3 is 5.97 Å². The predicted octanol–water partition coefficient (Wildman–Crippen LogP) is 6.34. The molecule has 0 N–H and O–H groups in total. The molecule has 172 valence electrons. The van der Waals surface area contributed by atoms with Crippen molar-refractivity contribution in [3.05, 3.63) is 79.6 Å². The summed E-state index contributed by atoms with van der Waals surface area (Å²) in [6, 6.07) is 15.8. The molecular formula is C25H30I2N2O3. The van der Waals surface area contributed by atoms with Crippen molar-refractivity contribution in [1.29, 1.82) is 0 Å². The molecule has 0 aliphatic carbocycles. The van der Waals surface area contributed by atoms with Gasteiger partial charge in [0.05, 0.1) is 12.7 Å². The summed E-state index contributed by atoms with van der Waals surface area (Å²) in [7, 11) is 1.38. The summed E-state index contributed by atoms with van der Waals surface area (Å²) >= 11 is 4.47. The van der Waals surface area contributed by atoms with E-state index < -0.39 is 0 Å². The van der Waals surface area contributed by atoms with E-state index in [0.717, 1.165) is 29.5 Å². The molecule has 1 amide bonds. The zero-order valence-corrected chi connectivity index (χ0v) is 21.8.